The van der Waals surface area contributed by atoms with Crippen molar-refractivity contribution >= 4 is 9.84 Å². The molecule has 2 unspecified atom stereocenters. The van der Waals surface area contributed by atoms with Crippen LogP contribution in [0.3, 0.4) is 0 Å². The fourth-order valence-corrected chi connectivity index (χ4v) is 3.49. The van der Waals surface area contributed by atoms with Gasteiger partial charge in [-0.3, -0.25) is 4.90 Å². The highest BCUT2D eigenvalue weighted by atomic mass is 32.2. The smallest absolute Gasteiger partial charge is 0.178 e. The van der Waals surface area contributed by atoms with Crippen molar-refractivity contribution in [1.29, 1.82) is 0 Å². The predicted octanol–water partition coefficient (Wildman–Crippen LogP) is 0.886. The van der Waals surface area contributed by atoms with E-state index in [2.05, 4.69) is 0 Å². The third-order valence-corrected chi connectivity index (χ3v) is 4.92. The van der Waals surface area contributed by atoms with E-state index in [1.807, 2.05) is 11.9 Å². The molecule has 5 nitrogen and oxygen atoms in total. The van der Waals surface area contributed by atoms with Gasteiger partial charge < -0.3 is 10.8 Å². The Morgan fingerprint density at radius 3 is 2.65 bits per heavy atom. The number of aromatic hydroxyl groups is 1. The van der Waals surface area contributed by atoms with Crippen molar-refractivity contribution < 1.29 is 17.9 Å². The van der Waals surface area contributed by atoms with Crippen LogP contribution in [0.25, 0.3) is 0 Å². The second-order valence-electron chi connectivity index (χ2n) is 5.41. The fraction of sp³-hybridized carbons (Fsp3) is 0.538. The second kappa shape index (κ2) is 5.31. The SMILES string of the molecule is CN1CC(CN)CC1c1cc(F)c(S(C)(=O)=O)cc1O. The lowest BCUT2D eigenvalue weighted by atomic mass is 9.99. The molecule has 3 N–H and O–H groups in total. The zero-order chi connectivity index (χ0) is 15.1. The van der Waals surface area contributed by atoms with Crippen molar-refractivity contribution in [3.63, 3.8) is 0 Å². The lowest BCUT2D eigenvalue weighted by molar-refractivity contribution is 0.304. The summed E-state index contributed by atoms with van der Waals surface area (Å²) in [5.41, 5.74) is 6.05. The van der Waals surface area contributed by atoms with Crippen LogP contribution in [0, 0.1) is 11.7 Å². The van der Waals surface area contributed by atoms with Gasteiger partial charge in [0.2, 0.25) is 0 Å². The van der Waals surface area contributed by atoms with E-state index in [0.717, 1.165) is 31.4 Å². The minimum atomic E-state index is -3.69. The maximum absolute atomic E-state index is 14.0. The first kappa shape index (κ1) is 15.2. The Hall–Kier alpha value is -1.18. The first-order valence-electron chi connectivity index (χ1n) is 6.36. The fourth-order valence-electron chi connectivity index (χ4n) is 2.75. The van der Waals surface area contributed by atoms with E-state index >= 15 is 0 Å². The molecule has 0 saturated carbocycles. The van der Waals surface area contributed by atoms with Gasteiger partial charge >= 0.3 is 0 Å². The summed E-state index contributed by atoms with van der Waals surface area (Å²) in [6.45, 7) is 1.31. The molecule has 20 heavy (non-hydrogen) atoms. The molecule has 1 aromatic carbocycles. The maximum Gasteiger partial charge on any atom is 0.178 e. The molecule has 0 radical (unpaired) electrons. The largest absolute Gasteiger partial charge is 0.508 e. The molecule has 1 aliphatic heterocycles. The normalized spacial score (nSPS) is 24.2. The van der Waals surface area contributed by atoms with Gasteiger partial charge in [0, 0.05) is 30.5 Å². The van der Waals surface area contributed by atoms with Gasteiger partial charge in [-0.1, -0.05) is 0 Å². The molecule has 0 bridgehead atoms. The maximum atomic E-state index is 14.0. The summed E-state index contributed by atoms with van der Waals surface area (Å²) in [7, 11) is -1.82. The quantitative estimate of drug-likeness (QED) is 0.866. The Kier molecular flexibility index (Phi) is 4.04. The number of halogens is 1. The molecule has 1 saturated heterocycles. The Balaban J connectivity index is 2.42. The lowest BCUT2D eigenvalue weighted by Gasteiger charge is -2.21. The number of phenolic OH excluding ortho intramolecular Hbond substituents is 1. The molecule has 1 fully saturated rings. The number of hydrogen-bond acceptors (Lipinski definition) is 5. The van der Waals surface area contributed by atoms with Crippen molar-refractivity contribution in [1.82, 2.24) is 4.90 Å². The Morgan fingerprint density at radius 1 is 1.50 bits per heavy atom. The topological polar surface area (TPSA) is 83.6 Å². The molecule has 0 amide bonds. The van der Waals surface area contributed by atoms with Gasteiger partial charge in [-0.15, -0.1) is 0 Å². The first-order valence-corrected chi connectivity index (χ1v) is 8.26. The van der Waals surface area contributed by atoms with Gasteiger partial charge in [0.1, 0.15) is 16.5 Å². The first-order chi connectivity index (χ1) is 9.24. The zero-order valence-corrected chi connectivity index (χ0v) is 12.3. The van der Waals surface area contributed by atoms with Gasteiger partial charge in [0.25, 0.3) is 0 Å². The molecular weight excluding hydrogens is 283 g/mol. The van der Waals surface area contributed by atoms with Crippen LogP contribution in [-0.2, 0) is 9.84 Å². The molecule has 1 aromatic rings. The van der Waals surface area contributed by atoms with Crippen molar-refractivity contribution in [2.24, 2.45) is 11.7 Å². The minimum absolute atomic E-state index is 0.147. The highest BCUT2D eigenvalue weighted by molar-refractivity contribution is 7.90. The summed E-state index contributed by atoms with van der Waals surface area (Å²) in [5.74, 6) is -0.728. The van der Waals surface area contributed by atoms with E-state index in [0.29, 0.717) is 18.0 Å². The molecule has 0 aliphatic carbocycles. The number of rotatable bonds is 3. The van der Waals surface area contributed by atoms with Gasteiger partial charge in [-0.2, -0.15) is 0 Å². The van der Waals surface area contributed by atoms with Crippen molar-refractivity contribution in [2.45, 2.75) is 17.4 Å². The minimum Gasteiger partial charge on any atom is -0.508 e. The van der Waals surface area contributed by atoms with Crippen molar-refractivity contribution in [3.05, 3.63) is 23.5 Å². The van der Waals surface area contributed by atoms with Crippen LogP contribution in [0.15, 0.2) is 17.0 Å². The van der Waals surface area contributed by atoms with E-state index in [-0.39, 0.29) is 11.8 Å². The van der Waals surface area contributed by atoms with Gasteiger partial charge in [0.05, 0.1) is 0 Å². The molecule has 2 rings (SSSR count). The number of likely N-dealkylation sites (tertiary alicyclic amines) is 1. The summed E-state index contributed by atoms with van der Waals surface area (Å²) in [5, 5.41) is 10.0. The van der Waals surface area contributed by atoms with Crippen LogP contribution in [0.4, 0.5) is 4.39 Å². The Bertz CT molecular complexity index is 618. The van der Waals surface area contributed by atoms with E-state index in [1.54, 1.807) is 0 Å². The highest BCUT2D eigenvalue weighted by Crippen LogP contribution is 2.39. The summed E-state index contributed by atoms with van der Waals surface area (Å²) >= 11 is 0. The van der Waals surface area contributed by atoms with Crippen molar-refractivity contribution in [2.75, 3.05) is 26.4 Å². The molecule has 7 heteroatoms. The van der Waals surface area contributed by atoms with Crippen LogP contribution in [0.2, 0.25) is 0 Å². The van der Waals surface area contributed by atoms with Crippen LogP contribution < -0.4 is 5.73 Å². The van der Waals surface area contributed by atoms with Crippen LogP contribution in [0.5, 0.6) is 5.75 Å². The van der Waals surface area contributed by atoms with Gasteiger partial charge in [0.15, 0.2) is 9.84 Å². The van der Waals surface area contributed by atoms with Gasteiger partial charge in [-0.05, 0) is 32.0 Å². The summed E-state index contributed by atoms with van der Waals surface area (Å²) in [6, 6.07) is 1.96. The molecule has 0 spiro atoms. The van der Waals surface area contributed by atoms with Crippen LogP contribution in [-0.4, -0.2) is 44.8 Å². The van der Waals surface area contributed by atoms with Crippen LogP contribution in [0.1, 0.15) is 18.0 Å². The molecule has 0 aromatic heterocycles. The number of nitrogens with zero attached hydrogens (tertiary/aromatic N) is 1. The van der Waals surface area contributed by atoms with E-state index < -0.39 is 20.5 Å². The molecule has 2 atom stereocenters. The number of hydrogen-bond donors (Lipinski definition) is 2. The monoisotopic (exact) mass is 302 g/mol. The average molecular weight is 302 g/mol. The second-order valence-corrected chi connectivity index (χ2v) is 7.39. The number of sulfone groups is 1. The number of nitrogens with two attached hydrogens (primary N) is 1. The average Bonchev–Trinajstić information content (AvgIpc) is 2.71. The molecular formula is C13H19FN2O3S. The predicted molar refractivity (Wildman–Crippen MR) is 73.7 cm³/mol. The summed E-state index contributed by atoms with van der Waals surface area (Å²) in [4.78, 5) is 1.52. The molecule has 112 valence electrons. The Morgan fingerprint density at radius 2 is 2.15 bits per heavy atom. The highest BCUT2D eigenvalue weighted by Gasteiger charge is 2.32. The van der Waals surface area contributed by atoms with E-state index in [4.69, 9.17) is 5.73 Å². The van der Waals surface area contributed by atoms with Crippen LogP contribution >= 0.6 is 0 Å². The van der Waals surface area contributed by atoms with E-state index in [1.165, 1.54) is 0 Å². The standard InChI is InChI=1S/C13H19FN2O3S/c1-16-7-8(6-15)3-11(16)9-4-10(14)13(5-12(9)17)20(2,18)19/h4-5,8,11,17H,3,6-7,15H2,1-2H3. The zero-order valence-electron chi connectivity index (χ0n) is 11.5. The molecule has 1 aliphatic rings. The summed E-state index contributed by atoms with van der Waals surface area (Å²) in [6.07, 6.45) is 1.63. The van der Waals surface area contributed by atoms with Gasteiger partial charge in [-0.25, -0.2) is 12.8 Å². The Labute approximate surface area is 118 Å². The van der Waals surface area contributed by atoms with Crippen molar-refractivity contribution in [3.8, 4) is 5.75 Å². The summed E-state index contributed by atoms with van der Waals surface area (Å²) < 4.78 is 36.8. The molecule has 1 heterocycles. The third kappa shape index (κ3) is 2.79. The number of phenols is 1. The van der Waals surface area contributed by atoms with E-state index in [9.17, 15) is 17.9 Å². The third-order valence-electron chi connectivity index (χ3n) is 3.81. The number of benzene rings is 1. The lowest BCUT2D eigenvalue weighted by Crippen LogP contribution is -2.20.